The molecule has 1 aromatic heterocycles. The van der Waals surface area contributed by atoms with E-state index in [1.165, 1.54) is 25.1 Å². The van der Waals surface area contributed by atoms with Crippen LogP contribution in [0, 0.1) is 24.5 Å². The molecule has 0 amide bonds. The number of halogens is 4. The Bertz CT molecular complexity index is 1220. The highest BCUT2D eigenvalue weighted by molar-refractivity contribution is 6.42. The number of hydrogen-bond acceptors (Lipinski definition) is 3. The Labute approximate surface area is 186 Å². The summed E-state index contributed by atoms with van der Waals surface area (Å²) in [7, 11) is 0. The molecule has 0 bridgehead atoms. The summed E-state index contributed by atoms with van der Waals surface area (Å²) in [6.45, 7) is 5.06. The van der Waals surface area contributed by atoms with Gasteiger partial charge in [-0.25, -0.2) is 8.78 Å². The largest absolute Gasteiger partial charge is 0.503 e. The molecule has 3 rings (SSSR count). The van der Waals surface area contributed by atoms with Gasteiger partial charge >= 0.3 is 5.97 Å². The summed E-state index contributed by atoms with van der Waals surface area (Å²) < 4.78 is 30.3. The fourth-order valence-electron chi connectivity index (χ4n) is 3.77. The lowest BCUT2D eigenvalue weighted by Crippen LogP contribution is -2.17. The van der Waals surface area contributed by atoms with Gasteiger partial charge < -0.3 is 10.2 Å². The van der Waals surface area contributed by atoms with Gasteiger partial charge in [0.25, 0.3) is 5.91 Å². The van der Waals surface area contributed by atoms with Crippen molar-refractivity contribution in [3.05, 3.63) is 62.8 Å². The van der Waals surface area contributed by atoms with E-state index in [0.29, 0.717) is 0 Å². The fraction of sp³-hybridized carbons (Fsp3) is 0.273. The number of carbonyl (C=O) groups is 2. The molecule has 9 heteroatoms. The molecule has 2 N–H and O–H groups in total. The molecule has 0 aliphatic carbocycles. The van der Waals surface area contributed by atoms with Gasteiger partial charge in [-0.1, -0.05) is 37.0 Å². The molecule has 0 aliphatic rings. The quantitative estimate of drug-likeness (QED) is 0.469. The van der Waals surface area contributed by atoms with Gasteiger partial charge in [0, 0.05) is 22.7 Å². The number of hydrogen-bond donors (Lipinski definition) is 2. The second-order valence-electron chi connectivity index (χ2n) is 7.70. The molecule has 1 heterocycles. The van der Waals surface area contributed by atoms with Crippen molar-refractivity contribution >= 4 is 46.0 Å². The number of aliphatic carboxylic acids is 1. The van der Waals surface area contributed by atoms with Gasteiger partial charge in [-0.15, -0.1) is 0 Å². The third-order valence-electron chi connectivity index (χ3n) is 5.13. The summed E-state index contributed by atoms with van der Waals surface area (Å²) in [6.07, 6.45) is 0.147. The SMILES string of the molecule is Cc1c([C@H](CC(C)C)C(=O)O)c2c(F)c(O)c(F)cc2n1C(=O)c1ccc(Cl)c(Cl)c1. The lowest BCUT2D eigenvalue weighted by Gasteiger charge is -2.16. The number of carboxylic acid groups (broad SMARTS) is 1. The number of rotatable bonds is 5. The third kappa shape index (κ3) is 4.00. The first-order valence-electron chi connectivity index (χ1n) is 9.40. The van der Waals surface area contributed by atoms with Crippen LogP contribution in [0.1, 0.15) is 47.8 Å². The molecule has 3 aromatic rings. The molecule has 0 saturated carbocycles. The average molecular weight is 470 g/mol. The van der Waals surface area contributed by atoms with Gasteiger partial charge in [0.2, 0.25) is 0 Å². The molecule has 0 saturated heterocycles. The first-order valence-corrected chi connectivity index (χ1v) is 10.2. The Morgan fingerprint density at radius 1 is 1.13 bits per heavy atom. The Morgan fingerprint density at radius 3 is 2.32 bits per heavy atom. The lowest BCUT2D eigenvalue weighted by atomic mass is 9.88. The van der Waals surface area contributed by atoms with Crippen LogP contribution in [0.5, 0.6) is 5.75 Å². The summed E-state index contributed by atoms with van der Waals surface area (Å²) in [5.41, 5.74) is 0.0392. The summed E-state index contributed by atoms with van der Waals surface area (Å²) in [6, 6.07) is 4.93. The molecule has 31 heavy (non-hydrogen) atoms. The summed E-state index contributed by atoms with van der Waals surface area (Å²) in [5, 5.41) is 19.7. The number of carbonyl (C=O) groups excluding carboxylic acids is 1. The Hall–Kier alpha value is -2.64. The van der Waals surface area contributed by atoms with Gasteiger partial charge in [0.05, 0.1) is 21.5 Å². The van der Waals surface area contributed by atoms with Crippen LogP contribution in [0.3, 0.4) is 0 Å². The van der Waals surface area contributed by atoms with Crippen LogP contribution < -0.4 is 0 Å². The van der Waals surface area contributed by atoms with Crippen molar-refractivity contribution in [3.8, 4) is 5.75 Å². The van der Waals surface area contributed by atoms with Crippen LogP contribution in [-0.4, -0.2) is 26.7 Å². The molecule has 2 aromatic carbocycles. The van der Waals surface area contributed by atoms with Crippen LogP contribution in [-0.2, 0) is 4.79 Å². The van der Waals surface area contributed by atoms with Crippen LogP contribution in [0.2, 0.25) is 10.0 Å². The van der Waals surface area contributed by atoms with E-state index in [0.717, 1.165) is 10.6 Å². The Kier molecular flexibility index (Phi) is 6.30. The maximum atomic E-state index is 15.0. The number of phenols is 1. The smallest absolute Gasteiger partial charge is 0.311 e. The highest BCUT2D eigenvalue weighted by Crippen LogP contribution is 2.40. The van der Waals surface area contributed by atoms with Crippen molar-refractivity contribution in [1.29, 1.82) is 0 Å². The Morgan fingerprint density at radius 2 is 1.77 bits per heavy atom. The molecular formula is C22H19Cl2F2NO4. The first kappa shape index (κ1) is 23.0. The predicted molar refractivity (Wildman–Crippen MR) is 114 cm³/mol. The predicted octanol–water partition coefficient (Wildman–Crippen LogP) is 6.14. The molecule has 164 valence electrons. The van der Waals surface area contributed by atoms with Crippen LogP contribution in [0.4, 0.5) is 8.78 Å². The molecule has 5 nitrogen and oxygen atoms in total. The van der Waals surface area contributed by atoms with E-state index >= 15 is 4.39 Å². The van der Waals surface area contributed by atoms with E-state index < -0.39 is 35.2 Å². The second-order valence-corrected chi connectivity index (χ2v) is 8.52. The van der Waals surface area contributed by atoms with Gasteiger partial charge in [0.1, 0.15) is 0 Å². The number of aromatic nitrogens is 1. The highest BCUT2D eigenvalue weighted by Gasteiger charge is 2.33. The van der Waals surface area contributed by atoms with Gasteiger partial charge in [-0.3, -0.25) is 14.2 Å². The number of phenolic OH excluding ortho intramolecular Hbond substituents is 1. The maximum Gasteiger partial charge on any atom is 0.311 e. The number of nitrogens with zero attached hydrogens (tertiary/aromatic N) is 1. The normalized spacial score (nSPS) is 12.5. The highest BCUT2D eigenvalue weighted by atomic mass is 35.5. The summed E-state index contributed by atoms with van der Waals surface area (Å²) in [5.74, 6) is -6.96. The van der Waals surface area contributed by atoms with Crippen molar-refractivity contribution in [1.82, 2.24) is 4.57 Å². The van der Waals surface area contributed by atoms with E-state index in [2.05, 4.69) is 0 Å². The minimum Gasteiger partial charge on any atom is -0.503 e. The van der Waals surface area contributed by atoms with E-state index in [-0.39, 0.29) is 50.1 Å². The molecule has 1 atom stereocenters. The summed E-state index contributed by atoms with van der Waals surface area (Å²) in [4.78, 5) is 25.3. The fourth-order valence-corrected chi connectivity index (χ4v) is 4.07. The van der Waals surface area contributed by atoms with Crippen LogP contribution in [0.25, 0.3) is 10.9 Å². The summed E-state index contributed by atoms with van der Waals surface area (Å²) >= 11 is 11.9. The zero-order valence-electron chi connectivity index (χ0n) is 16.8. The Balaban J connectivity index is 2.39. The molecular weight excluding hydrogens is 451 g/mol. The second kappa shape index (κ2) is 8.48. The van der Waals surface area contributed by atoms with Crippen molar-refractivity contribution in [2.24, 2.45) is 5.92 Å². The van der Waals surface area contributed by atoms with E-state index in [4.69, 9.17) is 23.2 Å². The van der Waals surface area contributed by atoms with Crippen molar-refractivity contribution in [2.45, 2.75) is 33.1 Å². The molecule has 0 spiro atoms. The van der Waals surface area contributed by atoms with E-state index in [1.807, 2.05) is 0 Å². The topological polar surface area (TPSA) is 79.5 Å². The van der Waals surface area contributed by atoms with E-state index in [9.17, 15) is 24.2 Å². The molecule has 0 unspecified atom stereocenters. The number of fused-ring (bicyclic) bond motifs is 1. The van der Waals surface area contributed by atoms with E-state index in [1.54, 1.807) is 13.8 Å². The third-order valence-corrected chi connectivity index (χ3v) is 5.87. The minimum atomic E-state index is -1.32. The van der Waals surface area contributed by atoms with Crippen LogP contribution in [0.15, 0.2) is 24.3 Å². The zero-order chi connectivity index (χ0) is 23.2. The molecule has 0 aliphatic heterocycles. The van der Waals surface area contributed by atoms with Crippen molar-refractivity contribution < 1.29 is 28.6 Å². The monoisotopic (exact) mass is 469 g/mol. The maximum absolute atomic E-state index is 15.0. The van der Waals surface area contributed by atoms with Crippen molar-refractivity contribution in [2.75, 3.05) is 0 Å². The molecule has 0 fully saturated rings. The lowest BCUT2D eigenvalue weighted by molar-refractivity contribution is -0.139. The van der Waals surface area contributed by atoms with Crippen molar-refractivity contribution in [3.63, 3.8) is 0 Å². The minimum absolute atomic E-state index is 0.0115. The van der Waals surface area contributed by atoms with Gasteiger partial charge in [-0.2, -0.15) is 0 Å². The number of benzene rings is 2. The average Bonchev–Trinajstić information content (AvgIpc) is 2.97. The molecule has 0 radical (unpaired) electrons. The zero-order valence-corrected chi connectivity index (χ0v) is 18.4. The number of aromatic hydroxyl groups is 1. The van der Waals surface area contributed by atoms with Gasteiger partial charge in [-0.05, 0) is 43.0 Å². The number of carboxylic acids is 1. The van der Waals surface area contributed by atoms with Gasteiger partial charge in [0.15, 0.2) is 17.4 Å². The standard InChI is InChI=1S/C22H19Cl2F2NO4/c1-9(2)6-12(22(30)31)17-10(3)27(16-8-15(25)20(28)19(26)18(16)17)21(29)11-4-5-13(23)14(24)7-11/h4-5,7-9,12,28H,6H2,1-3H3,(H,30,31)/t12-/m0/s1. The first-order chi connectivity index (χ1) is 14.5. The van der Waals surface area contributed by atoms with Crippen LogP contribution >= 0.6 is 23.2 Å².